The maximum atomic E-state index is 10.4. The Morgan fingerprint density at radius 3 is 1.27 bits per heavy atom. The second-order valence-electron chi connectivity index (χ2n) is 2.63. The molecule has 0 amide bonds. The zero-order valence-corrected chi connectivity index (χ0v) is 7.31. The van der Waals surface area contributed by atoms with Gasteiger partial charge in [0.15, 0.2) is 0 Å². The van der Waals surface area contributed by atoms with E-state index in [2.05, 4.69) is 0 Å². The van der Waals surface area contributed by atoms with Gasteiger partial charge in [-0.1, -0.05) is 0 Å². The number of carboxylic acids is 2. The molecule has 0 aliphatic rings. The van der Waals surface area contributed by atoms with Crippen LogP contribution in [0.3, 0.4) is 0 Å². The molecule has 0 spiro atoms. The van der Waals surface area contributed by atoms with Crippen LogP contribution < -0.4 is 5.32 Å². The first-order valence-corrected chi connectivity index (χ1v) is 3.71. The highest BCUT2D eigenvalue weighted by atomic mass is 16.4. The lowest BCUT2D eigenvalue weighted by atomic mass is 9.74. The number of rotatable bonds is 6. The lowest BCUT2D eigenvalue weighted by molar-refractivity contribution is -0.140. The summed E-state index contributed by atoms with van der Waals surface area (Å²) in [5, 5.41) is 52.7. The molecule has 9 nitrogen and oxygen atoms in total. The van der Waals surface area contributed by atoms with Gasteiger partial charge in [-0.2, -0.15) is 0 Å². The molecular formula is C4H9B2NO8. The van der Waals surface area contributed by atoms with Crippen LogP contribution in [0, 0.1) is 0 Å². The number of carboxylic acid groups (broad SMARTS) is 2. The van der Waals surface area contributed by atoms with Crippen molar-refractivity contribution < 1.29 is 39.9 Å². The van der Waals surface area contributed by atoms with Crippen molar-refractivity contribution in [3.05, 3.63) is 0 Å². The second kappa shape index (κ2) is 5.68. The van der Waals surface area contributed by atoms with Gasteiger partial charge in [-0.3, -0.25) is 14.9 Å². The molecular weight excluding hydrogens is 212 g/mol. The van der Waals surface area contributed by atoms with Gasteiger partial charge < -0.3 is 30.3 Å². The zero-order chi connectivity index (χ0) is 12.2. The average Bonchev–Trinajstić information content (AvgIpc) is 2.01. The van der Waals surface area contributed by atoms with E-state index < -0.39 is 38.1 Å². The Bertz CT molecular complexity index is 221. The van der Waals surface area contributed by atoms with Gasteiger partial charge in [-0.15, -0.1) is 0 Å². The third-order valence-corrected chi connectivity index (χ3v) is 1.49. The summed E-state index contributed by atoms with van der Waals surface area (Å²) in [5.41, 5.74) is 0. The van der Waals surface area contributed by atoms with Gasteiger partial charge in [0.1, 0.15) is 11.9 Å². The van der Waals surface area contributed by atoms with Crippen LogP contribution in [0.1, 0.15) is 0 Å². The lowest BCUT2D eigenvalue weighted by Gasteiger charge is -2.18. The molecule has 0 saturated heterocycles. The molecule has 11 heteroatoms. The van der Waals surface area contributed by atoms with Gasteiger partial charge in [0.05, 0.1) is 0 Å². The van der Waals surface area contributed by atoms with Crippen molar-refractivity contribution in [3.8, 4) is 0 Å². The molecule has 0 heterocycles. The normalized spacial score (nSPS) is 14.1. The van der Waals surface area contributed by atoms with E-state index in [1.54, 1.807) is 5.32 Å². The van der Waals surface area contributed by atoms with Crippen LogP contribution in [0.25, 0.3) is 0 Å². The van der Waals surface area contributed by atoms with Crippen molar-refractivity contribution in [2.24, 2.45) is 0 Å². The number of hydrogen-bond donors (Lipinski definition) is 7. The number of hydrogen-bond acceptors (Lipinski definition) is 7. The first-order valence-electron chi connectivity index (χ1n) is 3.71. The average molecular weight is 221 g/mol. The summed E-state index contributed by atoms with van der Waals surface area (Å²) < 4.78 is 0. The Balaban J connectivity index is 4.62. The minimum atomic E-state index is -2.37. The van der Waals surface area contributed by atoms with E-state index in [0.29, 0.717) is 0 Å². The summed E-state index contributed by atoms with van der Waals surface area (Å²) in [6.45, 7) is 0. The predicted octanol–water partition coefficient (Wildman–Crippen LogP) is -4.49. The molecule has 0 fully saturated rings. The molecule has 0 aliphatic heterocycles. The standard InChI is InChI=1S/C4H9B2NO8/c8-3(9)1(5(12)13)7-2(4(10)11)6(14)15/h1-2,7,12-15H,(H,8,9)(H,10,11). The Morgan fingerprint density at radius 1 is 0.867 bits per heavy atom. The highest BCUT2D eigenvalue weighted by Gasteiger charge is 2.39. The number of aliphatic carboxylic acids is 2. The first kappa shape index (κ1) is 13.9. The van der Waals surface area contributed by atoms with Crippen LogP contribution in [-0.2, 0) is 9.59 Å². The molecule has 0 radical (unpaired) electrons. The molecule has 2 unspecified atom stereocenters. The van der Waals surface area contributed by atoms with Crippen molar-refractivity contribution in [1.29, 1.82) is 0 Å². The van der Waals surface area contributed by atoms with Gasteiger partial charge in [-0.25, -0.2) is 0 Å². The Kier molecular flexibility index (Phi) is 5.25. The molecule has 84 valence electrons. The highest BCUT2D eigenvalue weighted by molar-refractivity contribution is 6.51. The summed E-state index contributed by atoms with van der Waals surface area (Å²) in [5.74, 6) is -7.55. The molecule has 0 bridgehead atoms. The Hall–Kier alpha value is -1.13. The lowest BCUT2D eigenvalue weighted by Crippen LogP contribution is -2.60. The maximum absolute atomic E-state index is 10.4. The maximum Gasteiger partial charge on any atom is 0.481 e. The summed E-state index contributed by atoms with van der Waals surface area (Å²) in [6.07, 6.45) is 0. The van der Waals surface area contributed by atoms with Gasteiger partial charge in [0.2, 0.25) is 0 Å². The number of carbonyl (C=O) groups is 2. The van der Waals surface area contributed by atoms with Gasteiger partial charge in [0.25, 0.3) is 0 Å². The molecule has 0 aromatic carbocycles. The summed E-state index contributed by atoms with van der Waals surface area (Å²) >= 11 is 0. The number of nitrogens with one attached hydrogen (secondary N) is 1. The minimum Gasteiger partial charge on any atom is -0.480 e. The van der Waals surface area contributed by atoms with E-state index in [0.717, 1.165) is 0 Å². The Labute approximate surface area is 84.3 Å². The van der Waals surface area contributed by atoms with Gasteiger partial charge in [0, 0.05) is 0 Å². The quantitative estimate of drug-likeness (QED) is 0.218. The third kappa shape index (κ3) is 4.27. The fraction of sp³-hybridized carbons (Fsp3) is 0.500. The monoisotopic (exact) mass is 221 g/mol. The van der Waals surface area contributed by atoms with Crippen LogP contribution in [0.5, 0.6) is 0 Å². The summed E-state index contributed by atoms with van der Waals surface area (Å²) in [6, 6.07) is 0. The van der Waals surface area contributed by atoms with Gasteiger partial charge in [-0.05, 0) is 0 Å². The fourth-order valence-corrected chi connectivity index (χ4v) is 0.763. The van der Waals surface area contributed by atoms with Crippen LogP contribution >= 0.6 is 0 Å². The van der Waals surface area contributed by atoms with E-state index in [1.807, 2.05) is 0 Å². The van der Waals surface area contributed by atoms with Crippen molar-refractivity contribution in [2.75, 3.05) is 0 Å². The topological polar surface area (TPSA) is 168 Å². The molecule has 2 atom stereocenters. The predicted molar refractivity (Wildman–Crippen MR) is 46.4 cm³/mol. The molecule has 15 heavy (non-hydrogen) atoms. The van der Waals surface area contributed by atoms with E-state index in [4.69, 9.17) is 30.3 Å². The van der Waals surface area contributed by atoms with Crippen molar-refractivity contribution in [2.45, 2.75) is 11.9 Å². The van der Waals surface area contributed by atoms with E-state index in [1.165, 1.54) is 0 Å². The van der Waals surface area contributed by atoms with E-state index >= 15 is 0 Å². The smallest absolute Gasteiger partial charge is 0.480 e. The highest BCUT2D eigenvalue weighted by Crippen LogP contribution is 1.94. The molecule has 0 saturated carbocycles. The molecule has 0 aliphatic carbocycles. The van der Waals surface area contributed by atoms with Crippen LogP contribution in [0.2, 0.25) is 0 Å². The molecule has 7 N–H and O–H groups in total. The van der Waals surface area contributed by atoms with Gasteiger partial charge >= 0.3 is 26.2 Å². The van der Waals surface area contributed by atoms with E-state index in [-0.39, 0.29) is 0 Å². The summed E-state index contributed by atoms with van der Waals surface area (Å²) in [4.78, 5) is 20.8. The molecule has 0 rings (SSSR count). The minimum absolute atomic E-state index is 1.65. The summed E-state index contributed by atoms with van der Waals surface area (Å²) in [7, 11) is -4.74. The third-order valence-electron chi connectivity index (χ3n) is 1.49. The van der Waals surface area contributed by atoms with Crippen molar-refractivity contribution >= 4 is 26.2 Å². The van der Waals surface area contributed by atoms with Crippen molar-refractivity contribution in [1.82, 2.24) is 5.32 Å². The Morgan fingerprint density at radius 2 is 1.13 bits per heavy atom. The van der Waals surface area contributed by atoms with E-state index in [9.17, 15) is 9.59 Å². The molecule has 0 aromatic rings. The zero-order valence-electron chi connectivity index (χ0n) is 7.31. The van der Waals surface area contributed by atoms with Crippen LogP contribution in [0.15, 0.2) is 0 Å². The van der Waals surface area contributed by atoms with Crippen LogP contribution in [-0.4, -0.2) is 68.4 Å². The van der Waals surface area contributed by atoms with Crippen molar-refractivity contribution in [3.63, 3.8) is 0 Å². The van der Waals surface area contributed by atoms with Crippen LogP contribution in [0.4, 0.5) is 0 Å². The fourth-order valence-electron chi connectivity index (χ4n) is 0.763. The second-order valence-corrected chi connectivity index (χ2v) is 2.63. The molecule has 0 aromatic heterocycles. The SMILES string of the molecule is O=C(O)C(NC(B(O)O)C(=O)O)B(O)O. The first-order chi connectivity index (χ1) is 6.77. The largest absolute Gasteiger partial charge is 0.481 e.